The Balaban J connectivity index is 1.50. The molecule has 0 spiro atoms. The predicted octanol–water partition coefficient (Wildman–Crippen LogP) is 3.71. The number of carbonyl (C=O) groups excluding carboxylic acids is 2. The Bertz CT molecular complexity index is 656. The number of hydrogen-bond acceptors (Lipinski definition) is 2. The van der Waals surface area contributed by atoms with Crippen molar-refractivity contribution in [1.82, 2.24) is 10.6 Å². The topological polar surface area (TPSA) is 70.2 Å². The number of anilines is 1. The fraction of sp³-hybridized carbons (Fsp3) is 0.444. The molecule has 2 aliphatic rings. The predicted molar refractivity (Wildman–Crippen MR) is 95.4 cm³/mol. The molecule has 1 fully saturated rings. The average molecular weight is 348 g/mol. The number of allylic oxidation sites excluding steroid dienone is 2. The van der Waals surface area contributed by atoms with Gasteiger partial charge in [-0.25, -0.2) is 4.79 Å². The maximum atomic E-state index is 12.0. The summed E-state index contributed by atoms with van der Waals surface area (Å²) in [6.45, 7) is 0.659. The van der Waals surface area contributed by atoms with Gasteiger partial charge in [-0.2, -0.15) is 0 Å². The normalized spacial score (nSPS) is 19.6. The van der Waals surface area contributed by atoms with Gasteiger partial charge in [-0.05, 0) is 56.2 Å². The van der Waals surface area contributed by atoms with Crippen molar-refractivity contribution in [3.05, 3.63) is 40.9 Å². The number of carbonyl (C=O) groups is 2. The molecule has 3 amide bonds. The van der Waals surface area contributed by atoms with Crippen LogP contribution in [0.3, 0.4) is 0 Å². The summed E-state index contributed by atoms with van der Waals surface area (Å²) in [4.78, 5) is 24.0. The second-order valence-corrected chi connectivity index (χ2v) is 6.84. The van der Waals surface area contributed by atoms with Crippen LogP contribution >= 0.6 is 11.6 Å². The van der Waals surface area contributed by atoms with Crippen molar-refractivity contribution in [2.24, 2.45) is 5.92 Å². The summed E-state index contributed by atoms with van der Waals surface area (Å²) >= 11 is 6.17. The molecule has 1 aromatic rings. The Labute approximate surface area is 146 Å². The minimum atomic E-state index is -0.254. The van der Waals surface area contributed by atoms with Gasteiger partial charge in [0.25, 0.3) is 5.91 Å². The third-order valence-electron chi connectivity index (χ3n) is 4.31. The third kappa shape index (κ3) is 4.74. The van der Waals surface area contributed by atoms with Crippen LogP contribution in [-0.2, 0) is 0 Å². The number of halogens is 1. The molecule has 3 N–H and O–H groups in total. The molecule has 128 valence electrons. The van der Waals surface area contributed by atoms with E-state index in [2.05, 4.69) is 28.1 Å². The van der Waals surface area contributed by atoms with Crippen LogP contribution in [0, 0.1) is 5.92 Å². The first kappa shape index (κ1) is 16.8. The summed E-state index contributed by atoms with van der Waals surface area (Å²) in [5, 5.41) is 8.88. The molecule has 0 radical (unpaired) electrons. The van der Waals surface area contributed by atoms with E-state index in [0.717, 1.165) is 32.1 Å². The van der Waals surface area contributed by atoms with Gasteiger partial charge in [0.15, 0.2) is 0 Å². The Morgan fingerprint density at radius 2 is 2.00 bits per heavy atom. The summed E-state index contributed by atoms with van der Waals surface area (Å²) in [5.74, 6) is 0.335. The molecule has 5 nitrogen and oxygen atoms in total. The highest BCUT2D eigenvalue weighted by molar-refractivity contribution is 6.34. The number of hydrogen-bond donors (Lipinski definition) is 3. The molecule has 0 aromatic heterocycles. The van der Waals surface area contributed by atoms with Crippen LogP contribution in [0.1, 0.15) is 42.5 Å². The first-order valence-corrected chi connectivity index (χ1v) is 8.80. The van der Waals surface area contributed by atoms with E-state index >= 15 is 0 Å². The van der Waals surface area contributed by atoms with Gasteiger partial charge >= 0.3 is 6.03 Å². The number of benzene rings is 1. The largest absolute Gasteiger partial charge is 0.349 e. The molecule has 2 aliphatic carbocycles. The van der Waals surface area contributed by atoms with E-state index < -0.39 is 0 Å². The van der Waals surface area contributed by atoms with Crippen molar-refractivity contribution in [1.29, 1.82) is 0 Å². The molecule has 3 rings (SSSR count). The highest BCUT2D eigenvalue weighted by Gasteiger charge is 2.24. The smallest absolute Gasteiger partial charge is 0.319 e. The zero-order chi connectivity index (χ0) is 16.9. The maximum absolute atomic E-state index is 12.0. The SMILES string of the molecule is O=C(NCC1CC=CCC1)Nc1ccc(C(=O)NC2CC2)c(Cl)c1. The fourth-order valence-electron chi connectivity index (χ4n) is 2.72. The molecule has 0 bridgehead atoms. The van der Waals surface area contributed by atoms with E-state index in [4.69, 9.17) is 11.6 Å². The van der Waals surface area contributed by atoms with E-state index in [-0.39, 0.29) is 18.0 Å². The zero-order valence-corrected chi connectivity index (χ0v) is 14.2. The quantitative estimate of drug-likeness (QED) is 0.710. The van der Waals surface area contributed by atoms with Crippen molar-refractivity contribution >= 4 is 29.2 Å². The Hall–Kier alpha value is -2.01. The van der Waals surface area contributed by atoms with Crippen LogP contribution in [0.4, 0.5) is 10.5 Å². The van der Waals surface area contributed by atoms with E-state index in [0.29, 0.717) is 28.7 Å². The number of amides is 3. The standard InChI is InChI=1S/C18H22ClN3O2/c19-16-10-14(8-9-15(16)17(23)21-13-6-7-13)22-18(24)20-11-12-4-2-1-3-5-12/h1-2,8-10,12-13H,3-7,11H2,(H,21,23)(H2,20,22,24). The van der Waals surface area contributed by atoms with Crippen molar-refractivity contribution in [3.63, 3.8) is 0 Å². The molecule has 24 heavy (non-hydrogen) atoms. The molecule has 1 aromatic carbocycles. The number of nitrogens with one attached hydrogen (secondary N) is 3. The van der Waals surface area contributed by atoms with Crippen molar-refractivity contribution in [3.8, 4) is 0 Å². The first-order chi connectivity index (χ1) is 11.6. The van der Waals surface area contributed by atoms with Crippen LogP contribution in [0.5, 0.6) is 0 Å². The Kier molecular flexibility index (Phi) is 5.41. The van der Waals surface area contributed by atoms with Gasteiger partial charge in [-0.15, -0.1) is 0 Å². The molecular weight excluding hydrogens is 326 g/mol. The van der Waals surface area contributed by atoms with E-state index in [1.807, 2.05) is 0 Å². The van der Waals surface area contributed by atoms with E-state index in [1.54, 1.807) is 18.2 Å². The second kappa shape index (κ2) is 7.71. The maximum Gasteiger partial charge on any atom is 0.319 e. The lowest BCUT2D eigenvalue weighted by Crippen LogP contribution is -2.33. The lowest BCUT2D eigenvalue weighted by atomic mass is 9.94. The monoisotopic (exact) mass is 347 g/mol. The molecule has 1 atom stereocenters. The average Bonchev–Trinajstić information content (AvgIpc) is 3.38. The van der Waals surface area contributed by atoms with Crippen LogP contribution in [0.25, 0.3) is 0 Å². The van der Waals surface area contributed by atoms with Gasteiger partial charge in [-0.3, -0.25) is 4.79 Å². The van der Waals surface area contributed by atoms with Gasteiger partial charge in [0, 0.05) is 18.3 Å². The molecule has 6 heteroatoms. The van der Waals surface area contributed by atoms with Crippen molar-refractivity contribution in [2.75, 3.05) is 11.9 Å². The van der Waals surface area contributed by atoms with Gasteiger partial charge in [0.05, 0.1) is 10.6 Å². The minimum absolute atomic E-state index is 0.163. The summed E-state index contributed by atoms with van der Waals surface area (Å²) in [6, 6.07) is 4.97. The lowest BCUT2D eigenvalue weighted by Gasteiger charge is -2.18. The zero-order valence-electron chi connectivity index (χ0n) is 13.5. The van der Waals surface area contributed by atoms with Crippen LogP contribution < -0.4 is 16.0 Å². The summed E-state index contributed by atoms with van der Waals surface area (Å²) in [7, 11) is 0. The highest BCUT2D eigenvalue weighted by Crippen LogP contribution is 2.24. The molecular formula is C18H22ClN3O2. The third-order valence-corrected chi connectivity index (χ3v) is 4.63. The van der Waals surface area contributed by atoms with E-state index in [9.17, 15) is 9.59 Å². The van der Waals surface area contributed by atoms with Gasteiger partial charge in [-0.1, -0.05) is 23.8 Å². The first-order valence-electron chi connectivity index (χ1n) is 8.42. The van der Waals surface area contributed by atoms with Gasteiger partial charge < -0.3 is 16.0 Å². The fourth-order valence-corrected chi connectivity index (χ4v) is 2.99. The summed E-state index contributed by atoms with van der Waals surface area (Å²) in [6.07, 6.45) is 9.59. The van der Waals surface area contributed by atoms with Crippen molar-refractivity contribution < 1.29 is 9.59 Å². The van der Waals surface area contributed by atoms with Crippen LogP contribution in [-0.4, -0.2) is 24.5 Å². The number of urea groups is 1. The summed E-state index contributed by atoms with van der Waals surface area (Å²) < 4.78 is 0. The molecule has 1 unspecified atom stereocenters. The number of rotatable bonds is 5. The molecule has 1 saturated carbocycles. The molecule has 0 heterocycles. The van der Waals surface area contributed by atoms with Crippen LogP contribution in [0.15, 0.2) is 30.4 Å². The lowest BCUT2D eigenvalue weighted by molar-refractivity contribution is 0.0951. The van der Waals surface area contributed by atoms with Gasteiger partial charge in [0.1, 0.15) is 0 Å². The van der Waals surface area contributed by atoms with E-state index in [1.165, 1.54) is 0 Å². The van der Waals surface area contributed by atoms with Crippen molar-refractivity contribution in [2.45, 2.75) is 38.1 Å². The molecule has 0 aliphatic heterocycles. The molecule has 0 saturated heterocycles. The Morgan fingerprint density at radius 1 is 1.17 bits per heavy atom. The second-order valence-electron chi connectivity index (χ2n) is 6.43. The van der Waals surface area contributed by atoms with Gasteiger partial charge in [0.2, 0.25) is 0 Å². The minimum Gasteiger partial charge on any atom is -0.349 e. The highest BCUT2D eigenvalue weighted by atomic mass is 35.5. The van der Waals surface area contributed by atoms with Crippen LogP contribution in [0.2, 0.25) is 5.02 Å². The Morgan fingerprint density at radius 3 is 2.67 bits per heavy atom. The summed E-state index contributed by atoms with van der Waals surface area (Å²) in [5.41, 5.74) is 1.01.